The molecular formula is C16H26N2O2S. The van der Waals surface area contributed by atoms with E-state index < -0.39 is 10.0 Å². The van der Waals surface area contributed by atoms with Crippen molar-refractivity contribution >= 4 is 16.1 Å². The standard InChI is InChI=1S/C16H26N2O2S/c1-4-11-18(14-16(2,3)13-17)21(19,20)12-10-15-8-6-5-7-9-15/h5-10,12H,4,11,13-14,17H2,1-3H3. The third kappa shape index (κ3) is 5.99. The van der Waals surface area contributed by atoms with Crippen LogP contribution in [-0.4, -0.2) is 32.4 Å². The second kappa shape index (κ2) is 7.73. The number of nitrogens with zero attached hydrogens (tertiary/aromatic N) is 1. The summed E-state index contributed by atoms with van der Waals surface area (Å²) in [6.07, 6.45) is 2.41. The SMILES string of the molecule is CCCN(CC(C)(C)CN)S(=O)(=O)C=Cc1ccccc1. The Balaban J connectivity index is 2.92. The van der Waals surface area contributed by atoms with Gasteiger partial charge in [-0.3, -0.25) is 0 Å². The highest BCUT2D eigenvalue weighted by Crippen LogP contribution is 2.19. The third-order valence-corrected chi connectivity index (χ3v) is 4.73. The van der Waals surface area contributed by atoms with Gasteiger partial charge >= 0.3 is 0 Å². The molecule has 21 heavy (non-hydrogen) atoms. The average Bonchev–Trinajstić information content (AvgIpc) is 2.46. The second-order valence-electron chi connectivity index (χ2n) is 5.96. The van der Waals surface area contributed by atoms with Gasteiger partial charge in [0, 0.05) is 18.5 Å². The van der Waals surface area contributed by atoms with Gasteiger partial charge in [0.1, 0.15) is 0 Å². The van der Waals surface area contributed by atoms with Crippen LogP contribution in [0.2, 0.25) is 0 Å². The summed E-state index contributed by atoms with van der Waals surface area (Å²) in [5, 5.41) is 1.28. The zero-order valence-electron chi connectivity index (χ0n) is 13.1. The van der Waals surface area contributed by atoms with E-state index in [2.05, 4.69) is 0 Å². The summed E-state index contributed by atoms with van der Waals surface area (Å²) in [4.78, 5) is 0. The van der Waals surface area contributed by atoms with E-state index in [9.17, 15) is 8.42 Å². The molecule has 1 rings (SSSR count). The van der Waals surface area contributed by atoms with Crippen molar-refractivity contribution < 1.29 is 8.42 Å². The van der Waals surface area contributed by atoms with Gasteiger partial charge in [-0.1, -0.05) is 51.1 Å². The monoisotopic (exact) mass is 310 g/mol. The molecule has 2 N–H and O–H groups in total. The Morgan fingerprint density at radius 2 is 1.86 bits per heavy atom. The van der Waals surface area contributed by atoms with Gasteiger partial charge < -0.3 is 5.73 Å². The lowest BCUT2D eigenvalue weighted by Gasteiger charge is -2.30. The Hall–Kier alpha value is -1.17. The summed E-state index contributed by atoms with van der Waals surface area (Å²) in [6, 6.07) is 9.42. The fourth-order valence-electron chi connectivity index (χ4n) is 1.90. The third-order valence-electron chi connectivity index (χ3n) is 3.22. The van der Waals surface area contributed by atoms with Crippen molar-refractivity contribution in [3.8, 4) is 0 Å². The van der Waals surface area contributed by atoms with Crippen LogP contribution in [0.5, 0.6) is 0 Å². The molecule has 0 heterocycles. The van der Waals surface area contributed by atoms with Crippen LogP contribution < -0.4 is 5.73 Å². The lowest BCUT2D eigenvalue weighted by Crippen LogP contribution is -2.41. The molecule has 0 fully saturated rings. The maximum absolute atomic E-state index is 12.5. The molecule has 0 atom stereocenters. The lowest BCUT2D eigenvalue weighted by atomic mass is 9.94. The van der Waals surface area contributed by atoms with Gasteiger partial charge in [-0.05, 0) is 30.0 Å². The predicted molar refractivity (Wildman–Crippen MR) is 89.1 cm³/mol. The molecule has 0 aliphatic heterocycles. The van der Waals surface area contributed by atoms with Crippen LogP contribution in [0, 0.1) is 5.41 Å². The van der Waals surface area contributed by atoms with Gasteiger partial charge in [0.2, 0.25) is 10.0 Å². The van der Waals surface area contributed by atoms with Crippen LogP contribution >= 0.6 is 0 Å². The molecule has 0 bridgehead atoms. The molecule has 0 saturated carbocycles. The Morgan fingerprint density at radius 3 is 2.38 bits per heavy atom. The van der Waals surface area contributed by atoms with E-state index >= 15 is 0 Å². The molecule has 0 amide bonds. The van der Waals surface area contributed by atoms with Crippen LogP contribution in [0.25, 0.3) is 6.08 Å². The summed E-state index contributed by atoms with van der Waals surface area (Å²) < 4.78 is 26.5. The molecule has 0 saturated heterocycles. The molecular weight excluding hydrogens is 284 g/mol. The fraction of sp³-hybridized carbons (Fsp3) is 0.500. The zero-order valence-corrected chi connectivity index (χ0v) is 13.9. The van der Waals surface area contributed by atoms with Gasteiger partial charge in [0.25, 0.3) is 0 Å². The highest BCUT2D eigenvalue weighted by Gasteiger charge is 2.26. The van der Waals surface area contributed by atoms with Gasteiger partial charge in [-0.15, -0.1) is 0 Å². The lowest BCUT2D eigenvalue weighted by molar-refractivity contribution is 0.268. The maximum atomic E-state index is 12.5. The molecule has 1 aromatic rings. The number of benzene rings is 1. The first-order valence-corrected chi connectivity index (χ1v) is 8.74. The van der Waals surface area contributed by atoms with Gasteiger partial charge in [-0.25, -0.2) is 8.42 Å². The van der Waals surface area contributed by atoms with Crippen LogP contribution in [0.15, 0.2) is 35.7 Å². The molecule has 0 aromatic heterocycles. The van der Waals surface area contributed by atoms with Crippen molar-refractivity contribution in [3.05, 3.63) is 41.3 Å². The Morgan fingerprint density at radius 1 is 1.24 bits per heavy atom. The number of hydrogen-bond donors (Lipinski definition) is 1. The number of sulfonamides is 1. The summed E-state index contributed by atoms with van der Waals surface area (Å²) in [5.41, 5.74) is 6.36. The summed E-state index contributed by atoms with van der Waals surface area (Å²) >= 11 is 0. The van der Waals surface area contributed by atoms with Crippen molar-refractivity contribution in [1.29, 1.82) is 0 Å². The molecule has 0 aliphatic carbocycles. The largest absolute Gasteiger partial charge is 0.330 e. The highest BCUT2D eigenvalue weighted by molar-refractivity contribution is 7.92. The minimum atomic E-state index is -3.43. The Bertz CT molecular complexity index is 551. The van der Waals surface area contributed by atoms with Crippen molar-refractivity contribution in [1.82, 2.24) is 4.31 Å². The number of nitrogens with two attached hydrogens (primary N) is 1. The van der Waals surface area contributed by atoms with Gasteiger partial charge in [-0.2, -0.15) is 4.31 Å². The van der Waals surface area contributed by atoms with E-state index in [1.165, 1.54) is 9.71 Å². The molecule has 118 valence electrons. The Kier molecular flexibility index (Phi) is 6.58. The second-order valence-corrected chi connectivity index (χ2v) is 7.78. The Labute approximate surface area is 128 Å². The van der Waals surface area contributed by atoms with Crippen LogP contribution in [0.1, 0.15) is 32.8 Å². The zero-order chi connectivity index (χ0) is 15.9. The minimum Gasteiger partial charge on any atom is -0.330 e. The summed E-state index contributed by atoms with van der Waals surface area (Å²) in [6.45, 7) is 7.31. The quantitative estimate of drug-likeness (QED) is 0.803. The predicted octanol–water partition coefficient (Wildman–Crippen LogP) is 2.68. The highest BCUT2D eigenvalue weighted by atomic mass is 32.2. The topological polar surface area (TPSA) is 63.4 Å². The van der Waals surface area contributed by atoms with Crippen LogP contribution in [0.3, 0.4) is 0 Å². The first-order chi connectivity index (χ1) is 9.80. The van der Waals surface area contributed by atoms with Crippen molar-refractivity contribution in [2.24, 2.45) is 11.1 Å². The van der Waals surface area contributed by atoms with Gasteiger partial charge in [0.15, 0.2) is 0 Å². The fourth-order valence-corrected chi connectivity index (χ4v) is 3.37. The maximum Gasteiger partial charge on any atom is 0.236 e. The molecule has 5 heteroatoms. The molecule has 4 nitrogen and oxygen atoms in total. The minimum absolute atomic E-state index is 0.233. The van der Waals surface area contributed by atoms with E-state index in [-0.39, 0.29) is 5.41 Å². The van der Waals surface area contributed by atoms with Crippen molar-refractivity contribution in [2.75, 3.05) is 19.6 Å². The smallest absolute Gasteiger partial charge is 0.236 e. The molecule has 0 aliphatic rings. The molecule has 0 spiro atoms. The van der Waals surface area contributed by atoms with E-state index in [0.29, 0.717) is 19.6 Å². The van der Waals surface area contributed by atoms with Crippen molar-refractivity contribution in [2.45, 2.75) is 27.2 Å². The number of rotatable bonds is 8. The molecule has 0 unspecified atom stereocenters. The first kappa shape index (κ1) is 17.9. The molecule has 0 radical (unpaired) electrons. The van der Waals surface area contributed by atoms with Crippen molar-refractivity contribution in [3.63, 3.8) is 0 Å². The first-order valence-electron chi connectivity index (χ1n) is 7.24. The summed E-state index contributed by atoms with van der Waals surface area (Å²) in [7, 11) is -3.43. The normalized spacial score (nSPS) is 13.2. The number of hydrogen-bond acceptors (Lipinski definition) is 3. The molecule has 1 aromatic carbocycles. The van der Waals surface area contributed by atoms with E-state index in [1.807, 2.05) is 51.1 Å². The van der Waals surface area contributed by atoms with Crippen LogP contribution in [-0.2, 0) is 10.0 Å². The van der Waals surface area contributed by atoms with E-state index in [1.54, 1.807) is 6.08 Å². The van der Waals surface area contributed by atoms with E-state index in [4.69, 9.17) is 5.73 Å². The van der Waals surface area contributed by atoms with Crippen LogP contribution in [0.4, 0.5) is 0 Å². The summed E-state index contributed by atoms with van der Waals surface area (Å²) in [5.74, 6) is 0. The van der Waals surface area contributed by atoms with E-state index in [0.717, 1.165) is 12.0 Å². The average molecular weight is 310 g/mol. The van der Waals surface area contributed by atoms with Gasteiger partial charge in [0.05, 0.1) is 0 Å².